The van der Waals surface area contributed by atoms with Gasteiger partial charge in [-0.25, -0.2) is 0 Å². The highest BCUT2D eigenvalue weighted by Crippen LogP contribution is 2.05. The first kappa shape index (κ1) is 17.7. The number of benzene rings is 1. The minimum Gasteiger partial charge on any atom is -0.465 e. The van der Waals surface area contributed by atoms with Gasteiger partial charge in [-0.1, -0.05) is 30.3 Å². The van der Waals surface area contributed by atoms with Crippen LogP contribution in [0.2, 0.25) is 0 Å². The molecule has 0 spiro atoms. The third-order valence-corrected chi connectivity index (χ3v) is 3.66. The molecule has 116 valence electrons. The second-order valence-corrected chi connectivity index (χ2v) is 5.57. The lowest BCUT2D eigenvalue weighted by Gasteiger charge is -2.16. The molecule has 0 bridgehead atoms. The number of thioether (sulfide) groups is 1. The van der Waals surface area contributed by atoms with Crippen LogP contribution in [0.25, 0.3) is 0 Å². The normalized spacial score (nSPS) is 11.9. The van der Waals surface area contributed by atoms with Gasteiger partial charge in [-0.15, -0.1) is 0 Å². The van der Waals surface area contributed by atoms with E-state index < -0.39 is 0 Å². The molecule has 1 aromatic carbocycles. The van der Waals surface area contributed by atoms with Crippen LogP contribution in [0.3, 0.4) is 0 Å². The molecule has 0 aromatic heterocycles. The van der Waals surface area contributed by atoms with Gasteiger partial charge < -0.3 is 10.1 Å². The Kier molecular flexibility index (Phi) is 8.78. The average Bonchev–Trinajstić information content (AvgIpc) is 2.51. The van der Waals surface area contributed by atoms with Crippen LogP contribution in [0.1, 0.15) is 30.1 Å². The smallest absolute Gasteiger partial charge is 0.323 e. The zero-order chi connectivity index (χ0) is 15.5. The Morgan fingerprint density at radius 3 is 2.62 bits per heavy atom. The Hall–Kier alpha value is -1.33. The highest BCUT2D eigenvalue weighted by atomic mass is 32.2. The van der Waals surface area contributed by atoms with E-state index in [9.17, 15) is 9.59 Å². The van der Waals surface area contributed by atoms with Gasteiger partial charge >= 0.3 is 5.97 Å². The molecule has 1 N–H and O–H groups in total. The Labute approximate surface area is 130 Å². The first-order valence-corrected chi connectivity index (χ1v) is 8.55. The fourth-order valence-corrected chi connectivity index (χ4v) is 2.38. The molecule has 21 heavy (non-hydrogen) atoms. The van der Waals surface area contributed by atoms with Crippen molar-refractivity contribution in [3.05, 3.63) is 35.9 Å². The van der Waals surface area contributed by atoms with E-state index in [-0.39, 0.29) is 17.8 Å². The van der Waals surface area contributed by atoms with E-state index >= 15 is 0 Å². The highest BCUT2D eigenvalue weighted by molar-refractivity contribution is 7.98. The molecule has 0 aliphatic heterocycles. The van der Waals surface area contributed by atoms with Crippen molar-refractivity contribution in [2.24, 2.45) is 0 Å². The van der Waals surface area contributed by atoms with Crippen molar-refractivity contribution < 1.29 is 14.3 Å². The van der Waals surface area contributed by atoms with Crippen LogP contribution >= 0.6 is 11.8 Å². The lowest BCUT2D eigenvalue weighted by Crippen LogP contribution is -2.39. The number of Topliss-reactive ketones (excluding diaryl/α,β-unsaturated/α-hetero) is 1. The topological polar surface area (TPSA) is 55.4 Å². The monoisotopic (exact) mass is 309 g/mol. The number of esters is 1. The Morgan fingerprint density at radius 2 is 2.00 bits per heavy atom. The molecule has 0 saturated heterocycles. The molecular formula is C16H23NO3S. The molecular weight excluding hydrogens is 286 g/mol. The van der Waals surface area contributed by atoms with Gasteiger partial charge in [0.05, 0.1) is 6.61 Å². The molecule has 5 heteroatoms. The lowest BCUT2D eigenvalue weighted by atomic mass is 10.1. The number of ketones is 1. The number of rotatable bonds is 10. The summed E-state index contributed by atoms with van der Waals surface area (Å²) in [5, 5.41) is 3.13. The first-order chi connectivity index (χ1) is 10.2. The van der Waals surface area contributed by atoms with Crippen molar-refractivity contribution >= 4 is 23.5 Å². The standard InChI is InChI=1S/C16H23NO3S/c1-3-20-16(19)14(10-12-21-2)17-11-9-15(18)13-7-5-4-6-8-13/h4-8,14,17H,3,9-12H2,1-2H3. The molecule has 0 aliphatic rings. The van der Waals surface area contributed by atoms with Crippen LogP contribution < -0.4 is 5.32 Å². The van der Waals surface area contributed by atoms with Crippen LogP contribution in [0, 0.1) is 0 Å². The summed E-state index contributed by atoms with van der Waals surface area (Å²) in [4.78, 5) is 23.8. The van der Waals surface area contributed by atoms with Crippen molar-refractivity contribution in [1.29, 1.82) is 0 Å². The van der Waals surface area contributed by atoms with Crippen LogP contribution in [0.5, 0.6) is 0 Å². The van der Waals surface area contributed by atoms with Crippen LogP contribution in [-0.4, -0.2) is 43.0 Å². The van der Waals surface area contributed by atoms with Gasteiger partial charge in [-0.3, -0.25) is 9.59 Å². The van der Waals surface area contributed by atoms with Gasteiger partial charge in [0, 0.05) is 18.5 Å². The molecule has 1 unspecified atom stereocenters. The van der Waals surface area contributed by atoms with E-state index in [2.05, 4.69) is 5.32 Å². The van der Waals surface area contributed by atoms with Crippen molar-refractivity contribution in [1.82, 2.24) is 5.32 Å². The average molecular weight is 309 g/mol. The zero-order valence-corrected chi connectivity index (χ0v) is 13.4. The molecule has 1 aromatic rings. The van der Waals surface area contributed by atoms with Gasteiger partial charge in [0.1, 0.15) is 6.04 Å². The van der Waals surface area contributed by atoms with Gasteiger partial charge in [0.25, 0.3) is 0 Å². The minimum atomic E-state index is -0.332. The quantitative estimate of drug-likeness (QED) is 0.532. The fraction of sp³-hybridized carbons (Fsp3) is 0.500. The predicted molar refractivity (Wildman–Crippen MR) is 86.8 cm³/mol. The SMILES string of the molecule is CCOC(=O)C(CCSC)NCCC(=O)c1ccccc1. The number of hydrogen-bond acceptors (Lipinski definition) is 5. The molecule has 1 atom stereocenters. The van der Waals surface area contributed by atoms with Crippen molar-refractivity contribution in [2.75, 3.05) is 25.2 Å². The van der Waals surface area contributed by atoms with Gasteiger partial charge in [0.15, 0.2) is 5.78 Å². The number of hydrogen-bond donors (Lipinski definition) is 1. The van der Waals surface area contributed by atoms with Crippen LogP contribution in [-0.2, 0) is 9.53 Å². The summed E-state index contributed by atoms with van der Waals surface area (Å²) in [6.07, 6.45) is 3.08. The van der Waals surface area contributed by atoms with Crippen molar-refractivity contribution in [3.8, 4) is 0 Å². The maximum atomic E-state index is 12.0. The largest absolute Gasteiger partial charge is 0.465 e. The van der Waals surface area contributed by atoms with Gasteiger partial charge in [-0.2, -0.15) is 11.8 Å². The summed E-state index contributed by atoms with van der Waals surface area (Å²) in [6.45, 7) is 2.65. The van der Waals surface area contributed by atoms with E-state index in [1.807, 2.05) is 24.5 Å². The third-order valence-electron chi connectivity index (χ3n) is 3.02. The molecule has 0 fully saturated rings. The van der Waals surface area contributed by atoms with E-state index in [0.717, 1.165) is 5.75 Å². The summed E-state index contributed by atoms with van der Waals surface area (Å²) in [6, 6.07) is 8.86. The maximum absolute atomic E-state index is 12.0. The van der Waals surface area contributed by atoms with Crippen molar-refractivity contribution in [3.63, 3.8) is 0 Å². The molecule has 0 aliphatic carbocycles. The Bertz CT molecular complexity index is 436. The second kappa shape index (κ2) is 10.4. The van der Waals surface area contributed by atoms with E-state index in [4.69, 9.17) is 4.74 Å². The Balaban J connectivity index is 2.41. The number of carbonyl (C=O) groups is 2. The third kappa shape index (κ3) is 6.78. The minimum absolute atomic E-state index is 0.0792. The maximum Gasteiger partial charge on any atom is 0.323 e. The van der Waals surface area contributed by atoms with E-state index in [1.54, 1.807) is 30.8 Å². The molecule has 0 radical (unpaired) electrons. The molecule has 0 saturated carbocycles. The molecule has 1 rings (SSSR count). The zero-order valence-electron chi connectivity index (χ0n) is 12.6. The number of carbonyl (C=O) groups excluding carboxylic acids is 2. The van der Waals surface area contributed by atoms with E-state index in [1.165, 1.54) is 0 Å². The van der Waals surface area contributed by atoms with E-state index in [0.29, 0.717) is 31.6 Å². The highest BCUT2D eigenvalue weighted by Gasteiger charge is 2.18. The second-order valence-electron chi connectivity index (χ2n) is 4.58. The Morgan fingerprint density at radius 1 is 1.29 bits per heavy atom. The van der Waals surface area contributed by atoms with Crippen molar-refractivity contribution in [2.45, 2.75) is 25.8 Å². The fourth-order valence-electron chi connectivity index (χ4n) is 1.91. The lowest BCUT2D eigenvalue weighted by molar-refractivity contribution is -0.145. The summed E-state index contributed by atoms with van der Waals surface area (Å²) >= 11 is 1.69. The number of nitrogens with one attached hydrogen (secondary N) is 1. The summed E-state index contributed by atoms with van der Waals surface area (Å²) in [5.74, 6) is 0.720. The first-order valence-electron chi connectivity index (χ1n) is 7.16. The predicted octanol–water partition coefficient (Wildman–Crippen LogP) is 2.53. The number of ether oxygens (including phenoxy) is 1. The molecule has 0 heterocycles. The van der Waals surface area contributed by atoms with Gasteiger partial charge in [-0.05, 0) is 25.4 Å². The molecule has 4 nitrogen and oxygen atoms in total. The summed E-state index contributed by atoms with van der Waals surface area (Å²) < 4.78 is 5.05. The summed E-state index contributed by atoms with van der Waals surface area (Å²) in [5.41, 5.74) is 0.705. The molecule has 0 amide bonds. The summed E-state index contributed by atoms with van der Waals surface area (Å²) in [7, 11) is 0. The van der Waals surface area contributed by atoms with Gasteiger partial charge in [0.2, 0.25) is 0 Å². The van der Waals surface area contributed by atoms with Crippen LogP contribution in [0.15, 0.2) is 30.3 Å². The van der Waals surface area contributed by atoms with Crippen LogP contribution in [0.4, 0.5) is 0 Å².